The molecule has 5 heteroatoms. The fourth-order valence-corrected chi connectivity index (χ4v) is 3.17. The van der Waals surface area contributed by atoms with E-state index >= 15 is 0 Å². The van der Waals surface area contributed by atoms with Gasteiger partial charge in [0.2, 0.25) is 0 Å². The number of hydrogen-bond donors (Lipinski definition) is 1. The predicted molar refractivity (Wildman–Crippen MR) is 85.6 cm³/mol. The van der Waals surface area contributed by atoms with Crippen molar-refractivity contribution in [1.82, 2.24) is 15.2 Å². The van der Waals surface area contributed by atoms with E-state index in [1.54, 1.807) is 11.3 Å². The lowest BCUT2D eigenvalue weighted by atomic mass is 10.2. The van der Waals surface area contributed by atoms with Gasteiger partial charge in [0.15, 0.2) is 0 Å². The number of ether oxygens (including phenoxy) is 1. The SMILES string of the molecule is C[C@@H]1CNCCN1Cc1csc(COc2ccccc2)n1. The first kappa shape index (κ1) is 14.5. The monoisotopic (exact) mass is 303 g/mol. The van der Waals surface area contributed by atoms with Crippen LogP contribution in [0, 0.1) is 0 Å². The number of nitrogens with one attached hydrogen (secondary N) is 1. The molecule has 1 saturated heterocycles. The molecule has 1 N–H and O–H groups in total. The summed E-state index contributed by atoms with van der Waals surface area (Å²) in [7, 11) is 0. The zero-order valence-corrected chi connectivity index (χ0v) is 13.1. The van der Waals surface area contributed by atoms with Gasteiger partial charge in [-0.3, -0.25) is 4.90 Å². The first-order chi connectivity index (χ1) is 10.3. The van der Waals surface area contributed by atoms with Gasteiger partial charge in [-0.1, -0.05) is 18.2 Å². The molecule has 0 saturated carbocycles. The third-order valence-corrected chi connectivity index (χ3v) is 4.58. The van der Waals surface area contributed by atoms with Gasteiger partial charge in [-0.2, -0.15) is 0 Å². The fraction of sp³-hybridized carbons (Fsp3) is 0.438. The Balaban J connectivity index is 1.53. The van der Waals surface area contributed by atoms with Crippen LogP contribution >= 0.6 is 11.3 Å². The standard InChI is InChI=1S/C16H21N3OS/c1-13-9-17-7-8-19(13)10-14-12-21-16(18-14)11-20-15-5-3-2-4-6-15/h2-6,12-13,17H,7-11H2,1H3/t13-/m1/s1. The van der Waals surface area contributed by atoms with Crippen molar-refractivity contribution in [2.24, 2.45) is 0 Å². The van der Waals surface area contributed by atoms with Gasteiger partial charge in [0.1, 0.15) is 17.4 Å². The van der Waals surface area contributed by atoms with Gasteiger partial charge in [0.05, 0.1) is 5.69 Å². The first-order valence-electron chi connectivity index (χ1n) is 7.37. The lowest BCUT2D eigenvalue weighted by Gasteiger charge is -2.33. The van der Waals surface area contributed by atoms with E-state index in [0.29, 0.717) is 12.6 Å². The number of nitrogens with zero attached hydrogens (tertiary/aromatic N) is 2. The highest BCUT2D eigenvalue weighted by molar-refractivity contribution is 7.09. The summed E-state index contributed by atoms with van der Waals surface area (Å²) in [6.45, 7) is 6.97. The smallest absolute Gasteiger partial charge is 0.140 e. The number of para-hydroxylation sites is 1. The van der Waals surface area contributed by atoms with Crippen molar-refractivity contribution in [2.45, 2.75) is 26.1 Å². The molecule has 2 heterocycles. The van der Waals surface area contributed by atoms with E-state index in [1.807, 2.05) is 30.3 Å². The normalized spacial score (nSPS) is 19.6. The minimum atomic E-state index is 0.547. The highest BCUT2D eigenvalue weighted by Crippen LogP contribution is 2.17. The largest absolute Gasteiger partial charge is 0.486 e. The summed E-state index contributed by atoms with van der Waals surface area (Å²) in [6.07, 6.45) is 0. The molecule has 21 heavy (non-hydrogen) atoms. The maximum Gasteiger partial charge on any atom is 0.140 e. The molecule has 1 atom stereocenters. The third kappa shape index (κ3) is 4.03. The van der Waals surface area contributed by atoms with Crippen LogP contribution in [0.5, 0.6) is 5.75 Å². The molecule has 112 valence electrons. The molecular weight excluding hydrogens is 282 g/mol. The van der Waals surface area contributed by atoms with Gasteiger partial charge < -0.3 is 10.1 Å². The zero-order valence-electron chi connectivity index (χ0n) is 12.3. The summed E-state index contributed by atoms with van der Waals surface area (Å²) in [6, 6.07) is 10.5. The minimum absolute atomic E-state index is 0.547. The number of aromatic nitrogens is 1. The average molecular weight is 303 g/mol. The lowest BCUT2D eigenvalue weighted by Crippen LogP contribution is -2.49. The Bertz CT molecular complexity index is 558. The number of hydrogen-bond acceptors (Lipinski definition) is 5. The Morgan fingerprint density at radius 2 is 2.24 bits per heavy atom. The average Bonchev–Trinajstić information content (AvgIpc) is 2.96. The van der Waals surface area contributed by atoms with Crippen molar-refractivity contribution in [2.75, 3.05) is 19.6 Å². The fourth-order valence-electron chi connectivity index (χ4n) is 2.48. The Kier molecular flexibility index (Phi) is 4.85. The second-order valence-electron chi connectivity index (χ2n) is 5.36. The molecule has 0 amide bonds. The number of rotatable bonds is 5. The minimum Gasteiger partial charge on any atom is -0.486 e. The number of thiazole rings is 1. The molecule has 3 rings (SSSR count). The predicted octanol–water partition coefficient (Wildman–Crippen LogP) is 2.52. The molecule has 1 aromatic heterocycles. The molecule has 0 bridgehead atoms. The van der Waals surface area contributed by atoms with Crippen molar-refractivity contribution in [3.8, 4) is 5.75 Å². The Labute approximate surface area is 129 Å². The highest BCUT2D eigenvalue weighted by Gasteiger charge is 2.18. The van der Waals surface area contributed by atoms with Gasteiger partial charge in [-0.25, -0.2) is 4.98 Å². The topological polar surface area (TPSA) is 37.4 Å². The molecule has 0 radical (unpaired) electrons. The van der Waals surface area contributed by atoms with E-state index in [9.17, 15) is 0 Å². The summed E-state index contributed by atoms with van der Waals surface area (Å²) in [5.41, 5.74) is 1.15. The van der Waals surface area contributed by atoms with Crippen LogP contribution in [0.15, 0.2) is 35.7 Å². The molecule has 1 fully saturated rings. The summed E-state index contributed by atoms with van der Waals surface area (Å²) >= 11 is 1.68. The van der Waals surface area contributed by atoms with Crippen molar-refractivity contribution < 1.29 is 4.74 Å². The van der Waals surface area contributed by atoms with Crippen LogP contribution < -0.4 is 10.1 Å². The number of piperazine rings is 1. The Morgan fingerprint density at radius 1 is 1.38 bits per heavy atom. The van der Waals surface area contributed by atoms with Crippen LogP contribution in [0.4, 0.5) is 0 Å². The summed E-state index contributed by atoms with van der Waals surface area (Å²) < 4.78 is 5.74. The van der Waals surface area contributed by atoms with Crippen LogP contribution in [0.2, 0.25) is 0 Å². The summed E-state index contributed by atoms with van der Waals surface area (Å²) in [4.78, 5) is 7.16. The molecule has 0 aliphatic carbocycles. The highest BCUT2D eigenvalue weighted by atomic mass is 32.1. The summed E-state index contributed by atoms with van der Waals surface area (Å²) in [5, 5.41) is 6.60. The van der Waals surface area contributed by atoms with Crippen LogP contribution in [0.1, 0.15) is 17.6 Å². The van der Waals surface area contributed by atoms with Gasteiger partial charge in [0.25, 0.3) is 0 Å². The molecule has 4 nitrogen and oxygen atoms in total. The van der Waals surface area contributed by atoms with E-state index in [0.717, 1.165) is 42.6 Å². The second kappa shape index (κ2) is 7.02. The van der Waals surface area contributed by atoms with Gasteiger partial charge in [-0.15, -0.1) is 11.3 Å². The number of benzene rings is 1. The van der Waals surface area contributed by atoms with Crippen LogP contribution in [0.25, 0.3) is 0 Å². The second-order valence-corrected chi connectivity index (χ2v) is 6.30. The van der Waals surface area contributed by atoms with Crippen molar-refractivity contribution >= 4 is 11.3 Å². The quantitative estimate of drug-likeness (QED) is 0.921. The molecule has 1 aliphatic heterocycles. The van der Waals surface area contributed by atoms with E-state index in [-0.39, 0.29) is 0 Å². The van der Waals surface area contributed by atoms with Crippen LogP contribution in [-0.4, -0.2) is 35.6 Å². The van der Waals surface area contributed by atoms with E-state index in [2.05, 4.69) is 27.5 Å². The van der Waals surface area contributed by atoms with Crippen LogP contribution in [-0.2, 0) is 13.2 Å². The van der Waals surface area contributed by atoms with Gasteiger partial charge in [-0.05, 0) is 19.1 Å². The molecule has 2 aromatic rings. The third-order valence-electron chi connectivity index (χ3n) is 3.71. The molecule has 0 unspecified atom stereocenters. The maximum atomic E-state index is 5.74. The summed E-state index contributed by atoms with van der Waals surface area (Å²) in [5.74, 6) is 0.893. The zero-order chi connectivity index (χ0) is 14.5. The Morgan fingerprint density at radius 3 is 3.05 bits per heavy atom. The molecular formula is C16H21N3OS. The lowest BCUT2D eigenvalue weighted by molar-refractivity contribution is 0.164. The molecule has 0 spiro atoms. The first-order valence-corrected chi connectivity index (χ1v) is 8.25. The Hall–Kier alpha value is -1.43. The van der Waals surface area contributed by atoms with E-state index < -0.39 is 0 Å². The van der Waals surface area contributed by atoms with Gasteiger partial charge >= 0.3 is 0 Å². The van der Waals surface area contributed by atoms with Crippen molar-refractivity contribution in [1.29, 1.82) is 0 Å². The maximum absolute atomic E-state index is 5.74. The van der Waals surface area contributed by atoms with Crippen LogP contribution in [0.3, 0.4) is 0 Å². The van der Waals surface area contributed by atoms with Gasteiger partial charge in [0, 0.05) is 37.6 Å². The molecule has 1 aromatic carbocycles. The molecule has 1 aliphatic rings. The van der Waals surface area contributed by atoms with Crippen molar-refractivity contribution in [3.05, 3.63) is 46.4 Å². The van der Waals surface area contributed by atoms with Crippen molar-refractivity contribution in [3.63, 3.8) is 0 Å². The van der Waals surface area contributed by atoms with E-state index in [4.69, 9.17) is 4.74 Å². The van der Waals surface area contributed by atoms with E-state index in [1.165, 1.54) is 0 Å².